The zero-order valence-electron chi connectivity index (χ0n) is 5.92. The van der Waals surface area contributed by atoms with Crippen LogP contribution >= 0.6 is 11.6 Å². The van der Waals surface area contributed by atoms with Gasteiger partial charge in [-0.05, 0) is 12.2 Å². The van der Waals surface area contributed by atoms with E-state index in [0.29, 0.717) is 18.8 Å². The van der Waals surface area contributed by atoms with Crippen molar-refractivity contribution < 1.29 is 5.11 Å². The van der Waals surface area contributed by atoms with Crippen molar-refractivity contribution in [3.05, 3.63) is 12.2 Å². The van der Waals surface area contributed by atoms with Crippen molar-refractivity contribution in [3.63, 3.8) is 0 Å². The van der Waals surface area contributed by atoms with E-state index in [2.05, 4.69) is 0 Å². The summed E-state index contributed by atoms with van der Waals surface area (Å²) in [5.74, 6) is 0.357. The molecular formula is C7H9ClN2O. The molecule has 2 atom stereocenters. The van der Waals surface area contributed by atoms with E-state index in [9.17, 15) is 5.11 Å². The number of fused-ring (bicyclic) bond motifs is 1. The molecule has 0 spiro atoms. The van der Waals surface area contributed by atoms with Crippen LogP contribution in [-0.4, -0.2) is 33.5 Å². The minimum absolute atomic E-state index is 0.0368. The van der Waals surface area contributed by atoms with Crippen molar-refractivity contribution in [1.82, 2.24) is 4.90 Å². The van der Waals surface area contributed by atoms with Crippen LogP contribution < -0.4 is 0 Å². The smallest absolute Gasteiger partial charge is 0.160 e. The average molecular weight is 173 g/mol. The third-order valence-electron chi connectivity index (χ3n) is 2.17. The monoisotopic (exact) mass is 172 g/mol. The van der Waals surface area contributed by atoms with Crippen LogP contribution in [0.15, 0.2) is 12.2 Å². The Morgan fingerprint density at radius 1 is 1.82 bits per heavy atom. The molecule has 60 valence electrons. The number of hydrogen-bond acceptors (Lipinski definition) is 2. The van der Waals surface area contributed by atoms with Crippen LogP contribution in [0.5, 0.6) is 0 Å². The van der Waals surface area contributed by atoms with Gasteiger partial charge in [0, 0.05) is 13.0 Å². The Morgan fingerprint density at radius 2 is 2.55 bits per heavy atom. The summed E-state index contributed by atoms with van der Waals surface area (Å²) in [5.41, 5.74) is -0.955. The van der Waals surface area contributed by atoms with Gasteiger partial charge in [0.2, 0.25) is 0 Å². The topological polar surface area (TPSA) is 47.3 Å². The van der Waals surface area contributed by atoms with Crippen molar-refractivity contribution in [3.8, 4) is 0 Å². The van der Waals surface area contributed by atoms with Gasteiger partial charge in [0.05, 0.1) is 5.38 Å². The summed E-state index contributed by atoms with van der Waals surface area (Å²) in [7, 11) is 0. The second kappa shape index (κ2) is 1.99. The first-order valence-electron chi connectivity index (χ1n) is 3.54. The molecule has 2 aliphatic rings. The molecule has 1 saturated heterocycles. The fourth-order valence-electron chi connectivity index (χ4n) is 1.62. The summed E-state index contributed by atoms with van der Waals surface area (Å²) >= 11 is 5.84. The van der Waals surface area contributed by atoms with Gasteiger partial charge in [-0.15, -0.1) is 11.6 Å². The molecule has 0 radical (unpaired) electrons. The van der Waals surface area contributed by atoms with E-state index in [1.54, 1.807) is 17.1 Å². The maximum absolute atomic E-state index is 9.79. The highest BCUT2D eigenvalue weighted by molar-refractivity contribution is 6.21. The number of aliphatic hydroxyl groups is 1. The van der Waals surface area contributed by atoms with Crippen molar-refractivity contribution in [2.24, 2.45) is 0 Å². The summed E-state index contributed by atoms with van der Waals surface area (Å²) in [6.07, 6.45) is 3.77. The van der Waals surface area contributed by atoms with E-state index in [-0.39, 0.29) is 5.38 Å². The maximum atomic E-state index is 9.79. The quantitative estimate of drug-likeness (QED) is 0.524. The SMILES string of the molecule is N=C1C=C[C@]2(O)C[C@H](Cl)CN12. The van der Waals surface area contributed by atoms with Gasteiger partial charge in [0.25, 0.3) is 0 Å². The molecule has 0 amide bonds. The van der Waals surface area contributed by atoms with Crippen molar-refractivity contribution in [2.45, 2.75) is 17.5 Å². The van der Waals surface area contributed by atoms with Gasteiger partial charge < -0.3 is 10.0 Å². The molecule has 0 unspecified atom stereocenters. The summed E-state index contributed by atoms with van der Waals surface area (Å²) in [4.78, 5) is 1.62. The Hall–Kier alpha value is -0.540. The molecule has 0 aliphatic carbocycles. The molecule has 2 rings (SSSR count). The Balaban J connectivity index is 2.31. The summed E-state index contributed by atoms with van der Waals surface area (Å²) in [6.45, 7) is 0.573. The van der Waals surface area contributed by atoms with Crippen LogP contribution in [0.4, 0.5) is 0 Å². The van der Waals surface area contributed by atoms with Crippen LogP contribution in [-0.2, 0) is 0 Å². The lowest BCUT2D eigenvalue weighted by Crippen LogP contribution is -2.40. The highest BCUT2D eigenvalue weighted by atomic mass is 35.5. The van der Waals surface area contributed by atoms with Crippen LogP contribution in [0, 0.1) is 5.41 Å². The first-order valence-corrected chi connectivity index (χ1v) is 3.97. The summed E-state index contributed by atoms with van der Waals surface area (Å²) < 4.78 is 0. The molecule has 0 aromatic carbocycles. The Kier molecular flexibility index (Phi) is 1.29. The standard InChI is InChI=1S/C7H9ClN2O/c8-5-3-7(11)2-1-6(9)10(7)4-5/h1-2,5,9,11H,3-4H2/t5-,7-/m0/s1. The fourth-order valence-corrected chi connectivity index (χ4v) is 1.99. The number of nitrogens with zero attached hydrogens (tertiary/aromatic N) is 1. The number of nitrogens with one attached hydrogen (secondary N) is 1. The second-order valence-corrected chi connectivity index (χ2v) is 3.63. The molecule has 0 aromatic rings. The zero-order chi connectivity index (χ0) is 8.06. The van der Waals surface area contributed by atoms with Gasteiger partial charge >= 0.3 is 0 Å². The third-order valence-corrected chi connectivity index (χ3v) is 2.46. The van der Waals surface area contributed by atoms with E-state index in [1.807, 2.05) is 0 Å². The van der Waals surface area contributed by atoms with Crippen LogP contribution in [0.1, 0.15) is 6.42 Å². The molecule has 3 nitrogen and oxygen atoms in total. The predicted molar refractivity (Wildman–Crippen MR) is 42.8 cm³/mol. The molecule has 2 heterocycles. The highest BCUT2D eigenvalue weighted by Crippen LogP contribution is 2.34. The van der Waals surface area contributed by atoms with Crippen molar-refractivity contribution in [1.29, 1.82) is 5.41 Å². The molecule has 2 aliphatic heterocycles. The minimum atomic E-state index is -0.955. The largest absolute Gasteiger partial charge is 0.367 e. The van der Waals surface area contributed by atoms with E-state index in [1.165, 1.54) is 0 Å². The van der Waals surface area contributed by atoms with E-state index < -0.39 is 5.72 Å². The molecule has 0 bridgehead atoms. The van der Waals surface area contributed by atoms with Gasteiger partial charge in [-0.3, -0.25) is 5.41 Å². The fraction of sp³-hybridized carbons (Fsp3) is 0.571. The molecule has 1 fully saturated rings. The molecule has 0 saturated carbocycles. The lowest BCUT2D eigenvalue weighted by Gasteiger charge is -2.25. The zero-order valence-corrected chi connectivity index (χ0v) is 6.67. The van der Waals surface area contributed by atoms with Crippen molar-refractivity contribution in [2.75, 3.05) is 6.54 Å². The third kappa shape index (κ3) is 0.880. The van der Waals surface area contributed by atoms with Crippen molar-refractivity contribution >= 4 is 17.4 Å². The lowest BCUT2D eigenvalue weighted by atomic mass is 10.2. The minimum Gasteiger partial charge on any atom is -0.367 e. The van der Waals surface area contributed by atoms with Gasteiger partial charge in [0.1, 0.15) is 5.84 Å². The van der Waals surface area contributed by atoms with E-state index in [4.69, 9.17) is 17.0 Å². The van der Waals surface area contributed by atoms with Gasteiger partial charge in [0.15, 0.2) is 5.72 Å². The lowest BCUT2D eigenvalue weighted by molar-refractivity contribution is 0.0111. The maximum Gasteiger partial charge on any atom is 0.160 e. The number of rotatable bonds is 0. The molecular weight excluding hydrogens is 164 g/mol. The summed E-state index contributed by atoms with van der Waals surface area (Å²) in [5, 5.41) is 17.2. The number of amidine groups is 1. The molecule has 2 N–H and O–H groups in total. The first kappa shape index (κ1) is 7.13. The Labute approximate surface area is 69.8 Å². The number of hydrogen-bond donors (Lipinski definition) is 2. The highest BCUT2D eigenvalue weighted by Gasteiger charge is 2.45. The predicted octanol–water partition coefficient (Wildman–Crippen LogP) is 0.535. The van der Waals surface area contributed by atoms with Gasteiger partial charge in [-0.2, -0.15) is 0 Å². The summed E-state index contributed by atoms with van der Waals surface area (Å²) in [6, 6.07) is 0. The number of alkyl halides is 1. The first-order chi connectivity index (χ1) is 5.12. The normalized spacial score (nSPS) is 41.8. The second-order valence-electron chi connectivity index (χ2n) is 3.01. The van der Waals surface area contributed by atoms with E-state index >= 15 is 0 Å². The van der Waals surface area contributed by atoms with Gasteiger partial charge in [-0.1, -0.05) is 0 Å². The van der Waals surface area contributed by atoms with E-state index in [0.717, 1.165) is 0 Å². The van der Waals surface area contributed by atoms with Crippen LogP contribution in [0.2, 0.25) is 0 Å². The number of halogens is 1. The Bertz CT molecular complexity index is 241. The molecule has 4 heteroatoms. The van der Waals surface area contributed by atoms with Crippen LogP contribution in [0.3, 0.4) is 0 Å². The average Bonchev–Trinajstić information content (AvgIpc) is 2.32. The van der Waals surface area contributed by atoms with Crippen LogP contribution in [0.25, 0.3) is 0 Å². The van der Waals surface area contributed by atoms with Gasteiger partial charge in [-0.25, -0.2) is 0 Å². The molecule has 0 aromatic heterocycles. The molecule has 11 heavy (non-hydrogen) atoms. The Morgan fingerprint density at radius 3 is 3.18 bits per heavy atom.